The Hall–Kier alpha value is -2.33. The van der Waals surface area contributed by atoms with Crippen molar-refractivity contribution in [2.24, 2.45) is 0 Å². The Labute approximate surface area is 133 Å². The Morgan fingerprint density at radius 1 is 1.18 bits per heavy atom. The van der Waals surface area contributed by atoms with Gasteiger partial charge in [-0.3, -0.25) is 4.79 Å². The maximum absolute atomic E-state index is 12.5. The van der Waals surface area contributed by atoms with Crippen molar-refractivity contribution in [2.75, 3.05) is 5.32 Å². The first kappa shape index (κ1) is 16.0. The summed E-state index contributed by atoms with van der Waals surface area (Å²) in [5.41, 5.74) is 1.12. The third-order valence-electron chi connectivity index (χ3n) is 3.40. The van der Waals surface area contributed by atoms with Gasteiger partial charge in [0.1, 0.15) is 0 Å². The molecule has 2 aromatic rings. The van der Waals surface area contributed by atoms with Gasteiger partial charge in [-0.25, -0.2) is 4.79 Å². The van der Waals surface area contributed by atoms with Crippen LogP contribution in [-0.2, 0) is 4.79 Å². The van der Waals surface area contributed by atoms with Gasteiger partial charge in [0.05, 0.1) is 17.2 Å². The van der Waals surface area contributed by atoms with Gasteiger partial charge in [-0.1, -0.05) is 48.9 Å². The van der Waals surface area contributed by atoms with Crippen LogP contribution in [0.5, 0.6) is 0 Å². The molecule has 0 fully saturated rings. The summed E-state index contributed by atoms with van der Waals surface area (Å²) in [5.74, 6) is -1.71. The lowest BCUT2D eigenvalue weighted by atomic mass is 9.95. The van der Waals surface area contributed by atoms with E-state index in [4.69, 9.17) is 11.6 Å². The summed E-state index contributed by atoms with van der Waals surface area (Å²) in [6.07, 6.45) is 0.617. The van der Waals surface area contributed by atoms with Crippen LogP contribution in [0.4, 0.5) is 5.69 Å². The molecule has 22 heavy (non-hydrogen) atoms. The van der Waals surface area contributed by atoms with E-state index in [0.29, 0.717) is 11.4 Å². The monoisotopic (exact) mass is 317 g/mol. The van der Waals surface area contributed by atoms with E-state index in [1.807, 2.05) is 37.3 Å². The summed E-state index contributed by atoms with van der Waals surface area (Å²) in [6.45, 7) is 1.91. The van der Waals surface area contributed by atoms with E-state index in [1.54, 1.807) is 6.07 Å². The molecule has 114 valence electrons. The van der Waals surface area contributed by atoms with E-state index >= 15 is 0 Å². The largest absolute Gasteiger partial charge is 0.478 e. The number of carboxylic acid groups (broad SMARTS) is 1. The highest BCUT2D eigenvalue weighted by molar-refractivity contribution is 6.31. The van der Waals surface area contributed by atoms with Crippen molar-refractivity contribution in [3.05, 3.63) is 64.7 Å². The third-order valence-corrected chi connectivity index (χ3v) is 3.63. The van der Waals surface area contributed by atoms with Crippen LogP contribution in [0.15, 0.2) is 48.5 Å². The van der Waals surface area contributed by atoms with Crippen molar-refractivity contribution in [2.45, 2.75) is 19.3 Å². The van der Waals surface area contributed by atoms with Gasteiger partial charge >= 0.3 is 5.97 Å². The van der Waals surface area contributed by atoms with E-state index in [-0.39, 0.29) is 23.1 Å². The van der Waals surface area contributed by atoms with E-state index in [0.717, 1.165) is 5.56 Å². The number of benzene rings is 2. The second kappa shape index (κ2) is 7.09. The number of carbonyl (C=O) groups excluding carboxylic acids is 1. The van der Waals surface area contributed by atoms with Crippen molar-refractivity contribution in [3.8, 4) is 0 Å². The van der Waals surface area contributed by atoms with Crippen LogP contribution in [0.1, 0.15) is 35.2 Å². The van der Waals surface area contributed by atoms with Crippen LogP contribution >= 0.6 is 11.6 Å². The van der Waals surface area contributed by atoms with Crippen molar-refractivity contribution < 1.29 is 14.7 Å². The van der Waals surface area contributed by atoms with E-state index in [1.165, 1.54) is 12.1 Å². The number of hydrogen-bond donors (Lipinski definition) is 2. The van der Waals surface area contributed by atoms with E-state index in [2.05, 4.69) is 5.32 Å². The Bertz CT molecular complexity index is 686. The highest BCUT2D eigenvalue weighted by atomic mass is 35.5. The highest BCUT2D eigenvalue weighted by Gasteiger charge is 2.20. The summed E-state index contributed by atoms with van der Waals surface area (Å²) >= 11 is 5.81. The first-order chi connectivity index (χ1) is 10.5. The second-order valence-corrected chi connectivity index (χ2v) is 5.29. The lowest BCUT2D eigenvalue weighted by Crippen LogP contribution is -2.22. The Kier molecular flexibility index (Phi) is 5.17. The molecule has 0 saturated carbocycles. The molecule has 0 aromatic heterocycles. The molecule has 0 aliphatic heterocycles. The fourth-order valence-corrected chi connectivity index (χ4v) is 2.45. The van der Waals surface area contributed by atoms with Gasteiger partial charge in [0, 0.05) is 5.02 Å². The molecule has 4 nitrogen and oxygen atoms in total. The molecule has 1 unspecified atom stereocenters. The molecule has 1 amide bonds. The van der Waals surface area contributed by atoms with Crippen molar-refractivity contribution in [1.29, 1.82) is 0 Å². The van der Waals surface area contributed by atoms with E-state index in [9.17, 15) is 14.7 Å². The first-order valence-corrected chi connectivity index (χ1v) is 7.29. The number of aromatic carboxylic acids is 1. The van der Waals surface area contributed by atoms with Gasteiger partial charge in [-0.05, 0) is 30.2 Å². The smallest absolute Gasteiger partial charge is 0.337 e. The molecule has 2 N–H and O–H groups in total. The molecule has 0 radical (unpaired) electrons. The zero-order valence-corrected chi connectivity index (χ0v) is 12.8. The van der Waals surface area contributed by atoms with Gasteiger partial charge in [-0.2, -0.15) is 0 Å². The molecule has 2 aromatic carbocycles. The molecule has 0 aliphatic rings. The van der Waals surface area contributed by atoms with Gasteiger partial charge < -0.3 is 10.4 Å². The lowest BCUT2D eigenvalue weighted by molar-refractivity contribution is -0.117. The summed E-state index contributed by atoms with van der Waals surface area (Å²) in [5, 5.41) is 12.2. The number of nitrogens with one attached hydrogen (secondary N) is 1. The third kappa shape index (κ3) is 3.65. The molecule has 0 saturated heterocycles. The zero-order valence-electron chi connectivity index (χ0n) is 12.0. The molecule has 0 heterocycles. The number of amides is 1. The standard InChI is InChI=1S/C17H16ClNO3/c1-2-13(11-6-4-3-5-7-11)16(20)19-15-9-8-12(18)10-14(15)17(21)22/h3-10,13H,2H2,1H3,(H,19,20)(H,21,22). The maximum Gasteiger partial charge on any atom is 0.337 e. The maximum atomic E-state index is 12.5. The molecular weight excluding hydrogens is 302 g/mol. The molecule has 1 atom stereocenters. The van der Waals surface area contributed by atoms with Crippen LogP contribution in [0, 0.1) is 0 Å². The number of rotatable bonds is 5. The quantitative estimate of drug-likeness (QED) is 0.869. The minimum Gasteiger partial charge on any atom is -0.478 e. The highest BCUT2D eigenvalue weighted by Crippen LogP contribution is 2.25. The fraction of sp³-hybridized carbons (Fsp3) is 0.176. The number of halogens is 1. The minimum absolute atomic E-state index is 0.0243. The van der Waals surface area contributed by atoms with Crippen molar-refractivity contribution >= 4 is 29.2 Å². The average Bonchev–Trinajstić information content (AvgIpc) is 2.50. The van der Waals surface area contributed by atoms with Gasteiger partial charge in [-0.15, -0.1) is 0 Å². The van der Waals surface area contributed by atoms with Crippen LogP contribution in [0.2, 0.25) is 5.02 Å². The molecule has 5 heteroatoms. The number of hydrogen-bond acceptors (Lipinski definition) is 2. The van der Waals surface area contributed by atoms with Crippen LogP contribution in [0.3, 0.4) is 0 Å². The molecule has 2 rings (SSSR count). The Morgan fingerprint density at radius 2 is 1.86 bits per heavy atom. The van der Waals surface area contributed by atoms with Crippen LogP contribution in [-0.4, -0.2) is 17.0 Å². The van der Waals surface area contributed by atoms with Gasteiger partial charge in [0.15, 0.2) is 0 Å². The lowest BCUT2D eigenvalue weighted by Gasteiger charge is -2.16. The first-order valence-electron chi connectivity index (χ1n) is 6.91. The summed E-state index contributed by atoms with van der Waals surface area (Å²) in [6, 6.07) is 13.8. The fourth-order valence-electron chi connectivity index (χ4n) is 2.28. The topological polar surface area (TPSA) is 66.4 Å². The van der Waals surface area contributed by atoms with Crippen LogP contribution < -0.4 is 5.32 Å². The Morgan fingerprint density at radius 3 is 2.45 bits per heavy atom. The Balaban J connectivity index is 2.26. The van der Waals surface area contributed by atoms with Gasteiger partial charge in [0.25, 0.3) is 0 Å². The number of carboxylic acids is 1. The normalized spacial score (nSPS) is 11.7. The van der Waals surface area contributed by atoms with Crippen LogP contribution in [0.25, 0.3) is 0 Å². The zero-order chi connectivity index (χ0) is 16.1. The summed E-state index contributed by atoms with van der Waals surface area (Å²) < 4.78 is 0. The van der Waals surface area contributed by atoms with Crippen molar-refractivity contribution in [1.82, 2.24) is 0 Å². The van der Waals surface area contributed by atoms with Crippen molar-refractivity contribution in [3.63, 3.8) is 0 Å². The molecule has 0 aliphatic carbocycles. The van der Waals surface area contributed by atoms with E-state index < -0.39 is 5.97 Å². The number of carbonyl (C=O) groups is 2. The van der Waals surface area contributed by atoms with Gasteiger partial charge in [0.2, 0.25) is 5.91 Å². The predicted octanol–water partition coefficient (Wildman–Crippen LogP) is 4.17. The molecule has 0 spiro atoms. The second-order valence-electron chi connectivity index (χ2n) is 4.86. The predicted molar refractivity (Wildman–Crippen MR) is 86.5 cm³/mol. The summed E-state index contributed by atoms with van der Waals surface area (Å²) in [4.78, 5) is 23.7. The average molecular weight is 318 g/mol. The SMILES string of the molecule is CCC(C(=O)Nc1ccc(Cl)cc1C(=O)O)c1ccccc1. The minimum atomic E-state index is -1.13. The summed E-state index contributed by atoms with van der Waals surface area (Å²) in [7, 11) is 0. The molecule has 0 bridgehead atoms. The molecular formula is C17H16ClNO3. The number of anilines is 1.